The molecule has 0 amide bonds. The van der Waals surface area contributed by atoms with Crippen LogP contribution in [0.1, 0.15) is 110 Å². The summed E-state index contributed by atoms with van der Waals surface area (Å²) in [7, 11) is 0. The first-order valence-corrected chi connectivity index (χ1v) is 15.3. The van der Waals surface area contributed by atoms with Crippen molar-refractivity contribution < 1.29 is 5.11 Å². The van der Waals surface area contributed by atoms with Crippen LogP contribution in [-0.4, -0.2) is 26.6 Å². The molecule has 0 fully saturated rings. The minimum absolute atomic E-state index is 0.256. The van der Waals surface area contributed by atoms with E-state index < -0.39 is 0 Å². The first-order chi connectivity index (χ1) is 16.3. The van der Waals surface area contributed by atoms with Gasteiger partial charge in [-0.1, -0.05) is 58.3 Å². The number of hydrogen-bond acceptors (Lipinski definition) is 2. The summed E-state index contributed by atoms with van der Waals surface area (Å²) in [5.41, 5.74) is 1.10. The third-order valence-corrected chi connectivity index (χ3v) is 8.55. The summed E-state index contributed by atoms with van der Waals surface area (Å²) in [5, 5.41) is 13.5. The van der Waals surface area contributed by atoms with Gasteiger partial charge in [0.25, 0.3) is 0 Å². The van der Waals surface area contributed by atoms with Crippen LogP contribution in [0.25, 0.3) is 0 Å². The Morgan fingerprint density at radius 3 is 1.70 bits per heavy atom. The van der Waals surface area contributed by atoms with E-state index in [0.717, 1.165) is 12.2 Å². The van der Waals surface area contributed by atoms with Crippen LogP contribution in [0.4, 0.5) is 5.69 Å². The van der Waals surface area contributed by atoms with Gasteiger partial charge in [-0.05, 0) is 0 Å². The average Bonchev–Trinajstić information content (AvgIpc) is 2.83. The summed E-state index contributed by atoms with van der Waals surface area (Å²) in [6, 6.07) is 16.4. The molecular weight excluding hydrogens is 469 g/mol. The summed E-state index contributed by atoms with van der Waals surface area (Å²) in [4.78, 5) is 0. The fourth-order valence-electron chi connectivity index (χ4n) is 4.26. The van der Waals surface area contributed by atoms with E-state index in [0.29, 0.717) is 5.75 Å². The van der Waals surface area contributed by atoms with Gasteiger partial charge in [0.1, 0.15) is 0 Å². The number of unbranched alkanes of at least 4 members (excludes halogenated alkanes) is 15. The van der Waals surface area contributed by atoms with Gasteiger partial charge < -0.3 is 0 Å². The molecule has 0 spiro atoms. The molecule has 0 bridgehead atoms. The molecule has 0 aliphatic carbocycles. The van der Waals surface area contributed by atoms with E-state index in [1.54, 1.807) is 6.07 Å². The van der Waals surface area contributed by atoms with Crippen molar-refractivity contribution in [2.45, 2.75) is 110 Å². The van der Waals surface area contributed by atoms with Crippen molar-refractivity contribution >= 4 is 29.6 Å². The van der Waals surface area contributed by atoms with Crippen molar-refractivity contribution in [3.63, 3.8) is 0 Å². The number of rotatable bonds is 20. The predicted octanol–water partition coefficient (Wildman–Crippen LogP) is 7.72. The first kappa shape index (κ1) is 27.8. The molecule has 2 N–H and O–H groups in total. The summed E-state index contributed by atoms with van der Waals surface area (Å²) in [6.45, 7) is 3.28. The molecular formula is C30H47NOSe. The number of anilines is 1. The van der Waals surface area contributed by atoms with Gasteiger partial charge in [0.2, 0.25) is 0 Å². The number of phenolic OH excluding ortho intramolecular Hbond substituents is 1. The zero-order valence-corrected chi connectivity index (χ0v) is 22.7. The van der Waals surface area contributed by atoms with Crippen LogP contribution in [0.2, 0.25) is 0 Å². The van der Waals surface area contributed by atoms with Crippen LogP contribution in [-0.2, 0) is 0 Å². The number of phenols is 1. The Kier molecular flexibility index (Phi) is 15.9. The van der Waals surface area contributed by atoms with Gasteiger partial charge in [0.15, 0.2) is 0 Å². The first-order valence-electron chi connectivity index (χ1n) is 13.6. The molecule has 3 heteroatoms. The zero-order chi connectivity index (χ0) is 23.4. The van der Waals surface area contributed by atoms with Gasteiger partial charge in [-0.25, -0.2) is 0 Å². The zero-order valence-electron chi connectivity index (χ0n) is 21.0. The molecule has 184 valence electrons. The topological polar surface area (TPSA) is 32.3 Å². The van der Waals surface area contributed by atoms with Crippen molar-refractivity contribution in [2.75, 3.05) is 11.9 Å². The summed E-state index contributed by atoms with van der Waals surface area (Å²) < 4.78 is 2.67. The quantitative estimate of drug-likeness (QED) is 0.139. The third kappa shape index (κ3) is 13.8. The predicted molar refractivity (Wildman–Crippen MR) is 148 cm³/mol. The van der Waals surface area contributed by atoms with Crippen LogP contribution in [0.15, 0.2) is 48.5 Å². The van der Waals surface area contributed by atoms with Crippen LogP contribution in [0, 0.1) is 0 Å². The maximum atomic E-state index is 9.91. The second-order valence-electron chi connectivity index (χ2n) is 9.33. The van der Waals surface area contributed by atoms with Crippen LogP contribution in [0.3, 0.4) is 0 Å². The van der Waals surface area contributed by atoms with Gasteiger partial charge in [0.05, 0.1) is 0 Å². The van der Waals surface area contributed by atoms with Gasteiger partial charge in [-0.3, -0.25) is 0 Å². The normalized spacial score (nSPS) is 11.1. The van der Waals surface area contributed by atoms with E-state index in [4.69, 9.17) is 0 Å². The molecule has 0 heterocycles. The molecule has 2 nitrogen and oxygen atoms in total. The molecule has 33 heavy (non-hydrogen) atoms. The van der Waals surface area contributed by atoms with Gasteiger partial charge in [0, 0.05) is 0 Å². The molecule has 0 unspecified atom stereocenters. The number of benzene rings is 2. The number of hydrogen-bond donors (Lipinski definition) is 2. The van der Waals surface area contributed by atoms with Crippen molar-refractivity contribution in [3.8, 4) is 5.75 Å². The molecule has 0 atom stereocenters. The van der Waals surface area contributed by atoms with E-state index in [-0.39, 0.29) is 15.0 Å². The Hall–Kier alpha value is -1.44. The number of nitrogens with one attached hydrogen (secondary N) is 1. The fraction of sp³-hybridized carbons (Fsp3) is 0.600. The summed E-state index contributed by atoms with van der Waals surface area (Å²) >= 11 is 0.256. The molecule has 2 rings (SSSR count). The molecule has 0 aromatic heterocycles. The second-order valence-corrected chi connectivity index (χ2v) is 11.7. The second kappa shape index (κ2) is 18.9. The Labute approximate surface area is 210 Å². The third-order valence-electron chi connectivity index (χ3n) is 6.28. The Morgan fingerprint density at radius 1 is 0.636 bits per heavy atom. The Bertz CT molecular complexity index is 718. The molecule has 2 aromatic rings. The van der Waals surface area contributed by atoms with E-state index in [2.05, 4.69) is 48.6 Å². The molecule has 0 aliphatic heterocycles. The van der Waals surface area contributed by atoms with Gasteiger partial charge in [-0.2, -0.15) is 0 Å². The number of aromatic hydroxyl groups is 1. The van der Waals surface area contributed by atoms with Gasteiger partial charge in [-0.15, -0.1) is 0 Å². The van der Waals surface area contributed by atoms with E-state index in [1.807, 2.05) is 6.07 Å². The standard InChI is InChI=1S/C30H47NOSe/c1-2-3-4-5-6-7-8-9-10-11-12-13-14-15-16-20-25-31-29-26-27(32)23-24-30(29)33-28-21-18-17-19-22-28/h17-19,21-24,26,31-32H,2-16,20,25H2,1H3. The fourth-order valence-corrected chi connectivity index (χ4v) is 6.20. The molecule has 0 saturated carbocycles. The average molecular weight is 517 g/mol. The van der Waals surface area contributed by atoms with E-state index >= 15 is 0 Å². The summed E-state index contributed by atoms with van der Waals surface area (Å²) in [5.74, 6) is 0.345. The SMILES string of the molecule is CCCCCCCCCCCCCCCCCCNc1cc(O)ccc1[Se]c1ccccc1. The maximum absolute atomic E-state index is 9.91. The van der Waals surface area contributed by atoms with Crippen LogP contribution in [0.5, 0.6) is 5.75 Å². The van der Waals surface area contributed by atoms with Gasteiger partial charge >= 0.3 is 152 Å². The van der Waals surface area contributed by atoms with Crippen LogP contribution < -0.4 is 14.2 Å². The molecule has 0 aliphatic rings. The summed E-state index contributed by atoms with van der Waals surface area (Å²) in [6.07, 6.45) is 22.4. The van der Waals surface area contributed by atoms with Crippen molar-refractivity contribution in [1.29, 1.82) is 0 Å². The Balaban J connectivity index is 1.45. The van der Waals surface area contributed by atoms with Crippen molar-refractivity contribution in [3.05, 3.63) is 48.5 Å². The Morgan fingerprint density at radius 2 is 1.15 bits per heavy atom. The van der Waals surface area contributed by atoms with E-state index in [1.165, 1.54) is 112 Å². The van der Waals surface area contributed by atoms with Crippen molar-refractivity contribution in [2.24, 2.45) is 0 Å². The van der Waals surface area contributed by atoms with E-state index in [9.17, 15) is 5.11 Å². The molecule has 0 radical (unpaired) electrons. The monoisotopic (exact) mass is 517 g/mol. The van der Waals surface area contributed by atoms with Crippen molar-refractivity contribution in [1.82, 2.24) is 0 Å². The minimum atomic E-state index is 0.256. The van der Waals surface area contributed by atoms with Crippen LogP contribution >= 0.6 is 0 Å². The molecule has 0 saturated heterocycles. The molecule has 2 aromatic carbocycles.